The quantitative estimate of drug-likeness (QED) is 0.747. The van der Waals surface area contributed by atoms with Gasteiger partial charge in [-0.3, -0.25) is 0 Å². The Labute approximate surface area is 84.2 Å². The van der Waals surface area contributed by atoms with Crippen molar-refractivity contribution in [2.75, 3.05) is 6.26 Å². The lowest BCUT2D eigenvalue weighted by Gasteiger charge is -2.06. The van der Waals surface area contributed by atoms with Crippen LogP contribution < -0.4 is 0 Å². The van der Waals surface area contributed by atoms with Crippen LogP contribution in [0.15, 0.2) is 23.1 Å². The zero-order valence-corrected chi connectivity index (χ0v) is 9.03. The molecular formula is C11H16OS. The molecule has 0 unspecified atom stereocenters. The molecule has 0 bridgehead atoms. The summed E-state index contributed by atoms with van der Waals surface area (Å²) in [6.07, 6.45) is 4.34. The van der Waals surface area contributed by atoms with Gasteiger partial charge in [-0.05, 0) is 29.9 Å². The van der Waals surface area contributed by atoms with E-state index in [9.17, 15) is 0 Å². The summed E-state index contributed by atoms with van der Waals surface area (Å²) in [5.41, 5.74) is 2.40. The molecule has 1 nitrogen and oxygen atoms in total. The first-order valence-electron chi connectivity index (χ1n) is 4.58. The van der Waals surface area contributed by atoms with E-state index in [1.807, 2.05) is 12.3 Å². The number of aliphatic hydroxyl groups excluding tert-OH is 1. The average Bonchev–Trinajstić information content (AvgIpc) is 2.18. The lowest BCUT2D eigenvalue weighted by Crippen LogP contribution is -1.90. The predicted octanol–water partition coefficient (Wildman–Crippen LogP) is 2.85. The number of rotatable bonds is 4. The minimum atomic E-state index is 0.141. The van der Waals surface area contributed by atoms with Crippen LogP contribution in [0, 0.1) is 0 Å². The van der Waals surface area contributed by atoms with Crippen molar-refractivity contribution in [1.82, 2.24) is 0 Å². The zero-order valence-electron chi connectivity index (χ0n) is 8.21. The van der Waals surface area contributed by atoms with E-state index in [4.69, 9.17) is 5.11 Å². The SMILES string of the molecule is CCCc1ccc(CO)c(SC)c1. The summed E-state index contributed by atoms with van der Waals surface area (Å²) in [7, 11) is 0. The van der Waals surface area contributed by atoms with Gasteiger partial charge in [0.1, 0.15) is 0 Å². The van der Waals surface area contributed by atoms with Crippen LogP contribution in [0.4, 0.5) is 0 Å². The van der Waals surface area contributed by atoms with Gasteiger partial charge in [0, 0.05) is 4.90 Å². The fourth-order valence-electron chi connectivity index (χ4n) is 1.36. The molecule has 72 valence electrons. The third kappa shape index (κ3) is 2.75. The Morgan fingerprint density at radius 1 is 1.38 bits per heavy atom. The van der Waals surface area contributed by atoms with E-state index in [0.717, 1.165) is 12.0 Å². The summed E-state index contributed by atoms with van der Waals surface area (Å²) in [5, 5.41) is 9.06. The molecule has 1 N–H and O–H groups in total. The molecule has 13 heavy (non-hydrogen) atoms. The molecule has 0 amide bonds. The van der Waals surface area contributed by atoms with Crippen LogP contribution in [0.2, 0.25) is 0 Å². The van der Waals surface area contributed by atoms with Crippen LogP contribution in [0.1, 0.15) is 24.5 Å². The molecule has 2 heteroatoms. The maximum absolute atomic E-state index is 9.06. The molecule has 0 saturated carbocycles. The average molecular weight is 196 g/mol. The molecule has 0 radical (unpaired) electrons. The van der Waals surface area contributed by atoms with Crippen LogP contribution in [-0.4, -0.2) is 11.4 Å². The van der Waals surface area contributed by atoms with Gasteiger partial charge in [0.25, 0.3) is 0 Å². The molecule has 0 saturated heterocycles. The van der Waals surface area contributed by atoms with E-state index in [2.05, 4.69) is 19.1 Å². The van der Waals surface area contributed by atoms with Crippen LogP contribution in [0.25, 0.3) is 0 Å². The first kappa shape index (κ1) is 10.6. The summed E-state index contributed by atoms with van der Waals surface area (Å²) in [6.45, 7) is 2.32. The summed E-state index contributed by atoms with van der Waals surface area (Å²) < 4.78 is 0. The Morgan fingerprint density at radius 3 is 2.69 bits per heavy atom. The molecule has 0 aliphatic heterocycles. The van der Waals surface area contributed by atoms with E-state index >= 15 is 0 Å². The first-order valence-corrected chi connectivity index (χ1v) is 5.81. The van der Waals surface area contributed by atoms with Crippen LogP contribution in [0.5, 0.6) is 0 Å². The van der Waals surface area contributed by atoms with Crippen LogP contribution >= 0.6 is 11.8 Å². The molecule has 1 rings (SSSR count). The highest BCUT2D eigenvalue weighted by atomic mass is 32.2. The zero-order chi connectivity index (χ0) is 9.68. The van der Waals surface area contributed by atoms with Gasteiger partial charge in [-0.2, -0.15) is 0 Å². The Balaban J connectivity index is 2.91. The summed E-state index contributed by atoms with van der Waals surface area (Å²) >= 11 is 1.70. The van der Waals surface area contributed by atoms with Gasteiger partial charge in [0.15, 0.2) is 0 Å². The normalized spacial score (nSPS) is 10.4. The van der Waals surface area contributed by atoms with Gasteiger partial charge in [-0.15, -0.1) is 11.8 Å². The second-order valence-corrected chi connectivity index (χ2v) is 3.90. The Hall–Kier alpha value is -0.470. The number of hydrogen-bond donors (Lipinski definition) is 1. The second-order valence-electron chi connectivity index (χ2n) is 3.05. The minimum Gasteiger partial charge on any atom is -0.392 e. The Bertz CT molecular complexity index is 271. The molecule has 0 aliphatic carbocycles. The molecule has 0 atom stereocenters. The summed E-state index contributed by atoms with van der Waals surface area (Å²) in [5.74, 6) is 0. The standard InChI is InChI=1S/C11H16OS/c1-3-4-9-5-6-10(8-12)11(7-9)13-2/h5-7,12H,3-4,8H2,1-2H3. The van der Waals surface area contributed by atoms with Gasteiger partial charge in [-0.1, -0.05) is 25.5 Å². The largest absolute Gasteiger partial charge is 0.392 e. The topological polar surface area (TPSA) is 20.2 Å². The third-order valence-electron chi connectivity index (χ3n) is 2.06. The molecular weight excluding hydrogens is 180 g/mol. The van der Waals surface area contributed by atoms with Crippen LogP contribution in [-0.2, 0) is 13.0 Å². The molecule has 0 aromatic heterocycles. The monoisotopic (exact) mass is 196 g/mol. The number of aliphatic hydroxyl groups is 1. The van der Waals surface area contributed by atoms with Crippen molar-refractivity contribution in [2.45, 2.75) is 31.3 Å². The molecule has 1 aromatic carbocycles. The highest BCUT2D eigenvalue weighted by Gasteiger charge is 2.01. The number of aryl methyl sites for hydroxylation is 1. The highest BCUT2D eigenvalue weighted by Crippen LogP contribution is 2.22. The fraction of sp³-hybridized carbons (Fsp3) is 0.455. The van der Waals surface area contributed by atoms with Crippen molar-refractivity contribution < 1.29 is 5.11 Å². The smallest absolute Gasteiger partial charge is 0.0692 e. The van der Waals surface area contributed by atoms with Gasteiger partial charge in [-0.25, -0.2) is 0 Å². The van der Waals surface area contributed by atoms with Gasteiger partial charge in [0.05, 0.1) is 6.61 Å². The molecule has 1 aromatic rings. The van der Waals surface area contributed by atoms with Gasteiger partial charge < -0.3 is 5.11 Å². The van der Waals surface area contributed by atoms with Gasteiger partial charge in [0.2, 0.25) is 0 Å². The van der Waals surface area contributed by atoms with Crippen molar-refractivity contribution in [3.8, 4) is 0 Å². The molecule has 0 heterocycles. The fourth-order valence-corrected chi connectivity index (χ4v) is 2.03. The first-order chi connectivity index (χ1) is 6.31. The van der Waals surface area contributed by atoms with E-state index in [1.54, 1.807) is 11.8 Å². The third-order valence-corrected chi connectivity index (χ3v) is 2.88. The molecule has 0 fully saturated rings. The maximum atomic E-state index is 9.06. The lowest BCUT2D eigenvalue weighted by molar-refractivity contribution is 0.279. The summed E-state index contributed by atoms with van der Waals surface area (Å²) in [6, 6.07) is 6.31. The van der Waals surface area contributed by atoms with E-state index in [1.165, 1.54) is 16.9 Å². The number of hydrogen-bond acceptors (Lipinski definition) is 2. The van der Waals surface area contributed by atoms with Crippen molar-refractivity contribution in [2.24, 2.45) is 0 Å². The van der Waals surface area contributed by atoms with Crippen LogP contribution in [0.3, 0.4) is 0 Å². The van der Waals surface area contributed by atoms with Gasteiger partial charge >= 0.3 is 0 Å². The van der Waals surface area contributed by atoms with Crippen molar-refractivity contribution >= 4 is 11.8 Å². The number of benzene rings is 1. The minimum absolute atomic E-state index is 0.141. The van der Waals surface area contributed by atoms with E-state index in [0.29, 0.717) is 0 Å². The summed E-state index contributed by atoms with van der Waals surface area (Å²) in [4.78, 5) is 1.20. The van der Waals surface area contributed by atoms with E-state index in [-0.39, 0.29) is 6.61 Å². The van der Waals surface area contributed by atoms with Crippen molar-refractivity contribution in [1.29, 1.82) is 0 Å². The molecule has 0 aliphatic rings. The second kappa shape index (κ2) is 5.30. The Morgan fingerprint density at radius 2 is 2.15 bits per heavy atom. The highest BCUT2D eigenvalue weighted by molar-refractivity contribution is 7.98. The predicted molar refractivity (Wildman–Crippen MR) is 58.1 cm³/mol. The lowest BCUT2D eigenvalue weighted by atomic mass is 10.1. The Kier molecular flexibility index (Phi) is 4.33. The van der Waals surface area contributed by atoms with Crippen molar-refractivity contribution in [3.05, 3.63) is 29.3 Å². The van der Waals surface area contributed by atoms with Crippen molar-refractivity contribution in [3.63, 3.8) is 0 Å². The van der Waals surface area contributed by atoms with E-state index < -0.39 is 0 Å². The maximum Gasteiger partial charge on any atom is 0.0692 e. The number of thioether (sulfide) groups is 1. The molecule has 0 spiro atoms.